The Labute approximate surface area is 132 Å². The number of rotatable bonds is 3. The molecular formula is C16H13ClN4O. The summed E-state index contributed by atoms with van der Waals surface area (Å²) < 4.78 is 1.80. The first-order valence-corrected chi connectivity index (χ1v) is 7.03. The van der Waals surface area contributed by atoms with E-state index >= 15 is 0 Å². The van der Waals surface area contributed by atoms with E-state index in [-0.39, 0.29) is 5.91 Å². The summed E-state index contributed by atoms with van der Waals surface area (Å²) in [6, 6.07) is 14.3. The van der Waals surface area contributed by atoms with Crippen molar-refractivity contribution in [2.75, 3.05) is 5.32 Å². The lowest BCUT2D eigenvalue weighted by Gasteiger charge is -2.10. The first-order chi connectivity index (χ1) is 10.6. The van der Waals surface area contributed by atoms with Crippen molar-refractivity contribution in [2.24, 2.45) is 7.05 Å². The lowest BCUT2D eigenvalue weighted by atomic mass is 10.1. The van der Waals surface area contributed by atoms with Crippen LogP contribution in [0.4, 0.5) is 5.69 Å². The van der Waals surface area contributed by atoms with Gasteiger partial charge in [0.05, 0.1) is 5.69 Å². The third kappa shape index (κ3) is 2.84. The Morgan fingerprint density at radius 3 is 2.73 bits per heavy atom. The SMILES string of the molecule is Cn1cnnc1-c1ccccc1NC(=O)c1cccc(Cl)c1. The molecule has 0 atom stereocenters. The van der Waals surface area contributed by atoms with Crippen molar-refractivity contribution in [3.63, 3.8) is 0 Å². The van der Waals surface area contributed by atoms with Crippen molar-refractivity contribution in [2.45, 2.75) is 0 Å². The molecule has 1 amide bonds. The molecular weight excluding hydrogens is 300 g/mol. The fourth-order valence-electron chi connectivity index (χ4n) is 2.14. The van der Waals surface area contributed by atoms with E-state index in [0.29, 0.717) is 22.1 Å². The molecule has 2 aromatic carbocycles. The largest absolute Gasteiger partial charge is 0.321 e. The molecule has 0 fully saturated rings. The van der Waals surface area contributed by atoms with Crippen molar-refractivity contribution >= 4 is 23.2 Å². The zero-order chi connectivity index (χ0) is 15.5. The van der Waals surface area contributed by atoms with Gasteiger partial charge in [0.15, 0.2) is 5.82 Å². The summed E-state index contributed by atoms with van der Waals surface area (Å²) >= 11 is 5.92. The highest BCUT2D eigenvalue weighted by atomic mass is 35.5. The highest BCUT2D eigenvalue weighted by Crippen LogP contribution is 2.26. The van der Waals surface area contributed by atoms with Crippen LogP contribution in [0.3, 0.4) is 0 Å². The van der Waals surface area contributed by atoms with Gasteiger partial charge in [-0.15, -0.1) is 10.2 Å². The summed E-state index contributed by atoms with van der Waals surface area (Å²) in [5.74, 6) is 0.458. The predicted molar refractivity (Wildman–Crippen MR) is 85.8 cm³/mol. The minimum Gasteiger partial charge on any atom is -0.321 e. The van der Waals surface area contributed by atoms with E-state index in [2.05, 4.69) is 15.5 Å². The average molecular weight is 313 g/mol. The maximum Gasteiger partial charge on any atom is 0.255 e. The van der Waals surface area contributed by atoms with Gasteiger partial charge in [-0.3, -0.25) is 4.79 Å². The molecule has 3 rings (SSSR count). The zero-order valence-electron chi connectivity index (χ0n) is 11.8. The minimum atomic E-state index is -0.225. The summed E-state index contributed by atoms with van der Waals surface area (Å²) in [5.41, 5.74) is 1.97. The number of halogens is 1. The van der Waals surface area contributed by atoms with Crippen LogP contribution in [0.15, 0.2) is 54.9 Å². The lowest BCUT2D eigenvalue weighted by Crippen LogP contribution is -2.13. The zero-order valence-corrected chi connectivity index (χ0v) is 12.6. The first-order valence-electron chi connectivity index (χ1n) is 6.65. The Bertz CT molecular complexity index is 828. The lowest BCUT2D eigenvalue weighted by molar-refractivity contribution is 0.102. The molecule has 0 saturated carbocycles. The van der Waals surface area contributed by atoms with Gasteiger partial charge in [0, 0.05) is 23.2 Å². The number of hydrogen-bond acceptors (Lipinski definition) is 3. The number of carbonyl (C=O) groups excluding carboxylic acids is 1. The van der Waals surface area contributed by atoms with Gasteiger partial charge in [0.25, 0.3) is 5.91 Å². The molecule has 6 heteroatoms. The number of para-hydroxylation sites is 1. The van der Waals surface area contributed by atoms with Crippen LogP contribution >= 0.6 is 11.6 Å². The van der Waals surface area contributed by atoms with Crippen molar-refractivity contribution in [1.29, 1.82) is 0 Å². The van der Waals surface area contributed by atoms with Crippen LogP contribution in [-0.2, 0) is 7.05 Å². The quantitative estimate of drug-likeness (QED) is 0.806. The number of aryl methyl sites for hydroxylation is 1. The number of hydrogen-bond donors (Lipinski definition) is 1. The summed E-state index contributed by atoms with van der Waals surface area (Å²) in [6.45, 7) is 0. The van der Waals surface area contributed by atoms with Gasteiger partial charge in [-0.2, -0.15) is 0 Å². The summed E-state index contributed by atoms with van der Waals surface area (Å²) in [6.07, 6.45) is 1.62. The highest BCUT2D eigenvalue weighted by Gasteiger charge is 2.13. The number of nitrogens with one attached hydrogen (secondary N) is 1. The fraction of sp³-hybridized carbons (Fsp3) is 0.0625. The molecule has 0 bridgehead atoms. The van der Waals surface area contributed by atoms with Crippen LogP contribution in [-0.4, -0.2) is 20.7 Å². The van der Waals surface area contributed by atoms with E-state index in [9.17, 15) is 4.79 Å². The molecule has 0 aliphatic carbocycles. The molecule has 3 aromatic rings. The molecule has 0 radical (unpaired) electrons. The molecule has 0 aliphatic rings. The number of benzene rings is 2. The van der Waals surface area contributed by atoms with E-state index in [1.807, 2.05) is 31.3 Å². The molecule has 22 heavy (non-hydrogen) atoms. The van der Waals surface area contributed by atoms with Crippen LogP contribution in [0.1, 0.15) is 10.4 Å². The van der Waals surface area contributed by atoms with E-state index < -0.39 is 0 Å². The number of carbonyl (C=O) groups is 1. The smallest absolute Gasteiger partial charge is 0.255 e. The molecule has 1 heterocycles. The van der Waals surface area contributed by atoms with Gasteiger partial charge in [-0.25, -0.2) is 0 Å². The molecule has 5 nitrogen and oxygen atoms in total. The second-order valence-electron chi connectivity index (χ2n) is 4.78. The Kier molecular flexibility index (Phi) is 3.89. The Morgan fingerprint density at radius 1 is 1.18 bits per heavy atom. The third-order valence-electron chi connectivity index (χ3n) is 3.21. The van der Waals surface area contributed by atoms with Gasteiger partial charge in [0.2, 0.25) is 0 Å². The van der Waals surface area contributed by atoms with Gasteiger partial charge in [-0.1, -0.05) is 29.8 Å². The van der Waals surface area contributed by atoms with E-state index in [4.69, 9.17) is 11.6 Å². The average Bonchev–Trinajstić information content (AvgIpc) is 2.94. The van der Waals surface area contributed by atoms with Crippen molar-refractivity contribution in [3.8, 4) is 11.4 Å². The predicted octanol–water partition coefficient (Wildman–Crippen LogP) is 3.39. The van der Waals surface area contributed by atoms with E-state index in [0.717, 1.165) is 5.56 Å². The molecule has 0 saturated heterocycles. The van der Waals surface area contributed by atoms with Gasteiger partial charge >= 0.3 is 0 Å². The summed E-state index contributed by atoms with van der Waals surface area (Å²) in [4.78, 5) is 12.4. The van der Waals surface area contributed by atoms with E-state index in [1.54, 1.807) is 35.2 Å². The number of anilines is 1. The van der Waals surface area contributed by atoms with Crippen LogP contribution < -0.4 is 5.32 Å². The molecule has 0 spiro atoms. The molecule has 0 aliphatic heterocycles. The summed E-state index contributed by atoms with van der Waals surface area (Å²) in [7, 11) is 1.85. The van der Waals surface area contributed by atoms with Crippen molar-refractivity contribution in [3.05, 3.63) is 65.4 Å². The van der Waals surface area contributed by atoms with Gasteiger partial charge < -0.3 is 9.88 Å². The normalized spacial score (nSPS) is 10.5. The molecule has 1 N–H and O–H groups in total. The highest BCUT2D eigenvalue weighted by molar-refractivity contribution is 6.31. The monoisotopic (exact) mass is 312 g/mol. The second kappa shape index (κ2) is 5.99. The second-order valence-corrected chi connectivity index (χ2v) is 5.21. The standard InChI is InChI=1S/C16H13ClN4O/c1-21-10-18-20-15(21)13-7-2-3-8-14(13)19-16(22)11-5-4-6-12(17)9-11/h2-10H,1H3,(H,19,22). The maximum absolute atomic E-state index is 12.4. The van der Waals surface area contributed by atoms with Crippen LogP contribution in [0.5, 0.6) is 0 Å². The van der Waals surface area contributed by atoms with Gasteiger partial charge in [0.1, 0.15) is 6.33 Å². The minimum absolute atomic E-state index is 0.225. The molecule has 1 aromatic heterocycles. The molecule has 0 unspecified atom stereocenters. The van der Waals surface area contributed by atoms with E-state index in [1.165, 1.54) is 0 Å². The number of aromatic nitrogens is 3. The Balaban J connectivity index is 1.93. The third-order valence-corrected chi connectivity index (χ3v) is 3.45. The summed E-state index contributed by atoms with van der Waals surface area (Å²) in [5, 5.41) is 11.4. The Morgan fingerprint density at radius 2 is 2.00 bits per heavy atom. The van der Waals surface area contributed by atoms with Crippen LogP contribution in [0.25, 0.3) is 11.4 Å². The van der Waals surface area contributed by atoms with Crippen LogP contribution in [0, 0.1) is 0 Å². The maximum atomic E-state index is 12.4. The Hall–Kier alpha value is -2.66. The first kappa shape index (κ1) is 14.3. The topological polar surface area (TPSA) is 59.8 Å². The van der Waals surface area contributed by atoms with Gasteiger partial charge in [-0.05, 0) is 30.3 Å². The number of nitrogens with zero attached hydrogens (tertiary/aromatic N) is 3. The van der Waals surface area contributed by atoms with Crippen molar-refractivity contribution < 1.29 is 4.79 Å². The van der Waals surface area contributed by atoms with Crippen molar-refractivity contribution in [1.82, 2.24) is 14.8 Å². The number of amides is 1. The molecule has 110 valence electrons. The van der Waals surface area contributed by atoms with Crippen LogP contribution in [0.2, 0.25) is 5.02 Å². The fourth-order valence-corrected chi connectivity index (χ4v) is 2.33.